The molecule has 4 rings (SSSR count). The lowest BCUT2D eigenvalue weighted by Gasteiger charge is -2.46. The van der Waals surface area contributed by atoms with Crippen molar-refractivity contribution >= 4 is 0 Å². The Hall–Kier alpha value is -3.20. The lowest BCUT2D eigenvalue weighted by Crippen LogP contribution is -2.47. The van der Waals surface area contributed by atoms with Gasteiger partial charge < -0.3 is 4.57 Å². The molecule has 0 aliphatic rings. The fourth-order valence-corrected chi connectivity index (χ4v) is 4.31. The molecule has 0 bridgehead atoms. The largest absolute Gasteiger partial charge is 0.305 e. The molecule has 0 radical (unpaired) electrons. The summed E-state index contributed by atoms with van der Waals surface area (Å²) in [6.07, 6.45) is 3.65. The Morgan fingerprint density at radius 2 is 1.04 bits per heavy atom. The highest BCUT2D eigenvalue weighted by molar-refractivity contribution is 5.64. The maximum absolute atomic E-state index is 4.13. The minimum atomic E-state index is -0.424. The fourth-order valence-electron chi connectivity index (χ4n) is 4.31. The van der Waals surface area contributed by atoms with Gasteiger partial charge in [0.1, 0.15) is 18.2 Å². The molecule has 0 saturated carbocycles. The normalized spacial score (nSPS) is 13.8. The minimum Gasteiger partial charge on any atom is -0.305 e. The van der Waals surface area contributed by atoms with Crippen molar-refractivity contribution in [3.8, 4) is 11.1 Å². The van der Waals surface area contributed by atoms with Gasteiger partial charge in [-0.25, -0.2) is 0 Å². The van der Waals surface area contributed by atoms with E-state index >= 15 is 0 Å². The zero-order chi connectivity index (χ0) is 19.6. The van der Waals surface area contributed by atoms with Crippen LogP contribution in [0.25, 0.3) is 11.1 Å². The summed E-state index contributed by atoms with van der Waals surface area (Å²) in [5.41, 5.74) is 4.32. The smallest absolute Gasteiger partial charge is 0.120 e. The molecule has 1 unspecified atom stereocenters. The van der Waals surface area contributed by atoms with Gasteiger partial charge in [-0.15, -0.1) is 10.2 Å². The molecule has 0 aliphatic carbocycles. The molecule has 4 aromatic rings. The van der Waals surface area contributed by atoms with Gasteiger partial charge in [0.15, 0.2) is 0 Å². The van der Waals surface area contributed by atoms with E-state index in [2.05, 4.69) is 114 Å². The van der Waals surface area contributed by atoms with Gasteiger partial charge >= 0.3 is 0 Å². The van der Waals surface area contributed by atoms with Crippen molar-refractivity contribution < 1.29 is 0 Å². The standard InChI is InChI=1S/C25H25N3/c1-24(2,3)25(28-18-26-27-19-28,22-12-8-5-9-13-22)23-16-14-21(15-17-23)20-10-6-4-7-11-20/h4-19H,1-3H3. The monoisotopic (exact) mass is 367 g/mol. The predicted molar refractivity (Wildman–Crippen MR) is 114 cm³/mol. The third-order valence-electron chi connectivity index (χ3n) is 5.49. The van der Waals surface area contributed by atoms with Crippen LogP contribution in [0.2, 0.25) is 0 Å². The van der Waals surface area contributed by atoms with Crippen molar-refractivity contribution in [2.75, 3.05) is 0 Å². The second kappa shape index (κ2) is 7.08. The number of hydrogen-bond donors (Lipinski definition) is 0. The van der Waals surface area contributed by atoms with E-state index < -0.39 is 5.54 Å². The lowest BCUT2D eigenvalue weighted by molar-refractivity contribution is 0.188. The van der Waals surface area contributed by atoms with Crippen molar-refractivity contribution in [3.05, 3.63) is 109 Å². The molecule has 0 fully saturated rings. The van der Waals surface area contributed by atoms with Crippen molar-refractivity contribution in [2.45, 2.75) is 26.3 Å². The number of rotatable bonds is 4. The zero-order valence-corrected chi connectivity index (χ0v) is 16.6. The van der Waals surface area contributed by atoms with Gasteiger partial charge in [0.2, 0.25) is 0 Å². The second-order valence-electron chi connectivity index (χ2n) is 8.14. The summed E-state index contributed by atoms with van der Waals surface area (Å²) in [5, 5.41) is 8.26. The second-order valence-corrected chi connectivity index (χ2v) is 8.14. The Balaban J connectivity index is 1.94. The molecule has 0 N–H and O–H groups in total. The molecular weight excluding hydrogens is 342 g/mol. The van der Waals surface area contributed by atoms with Gasteiger partial charge in [-0.1, -0.05) is 106 Å². The molecule has 0 amide bonds. The molecule has 0 aliphatic heterocycles. The first-order chi connectivity index (χ1) is 13.5. The Morgan fingerprint density at radius 3 is 1.57 bits per heavy atom. The third kappa shape index (κ3) is 2.93. The van der Waals surface area contributed by atoms with Crippen LogP contribution in [0.15, 0.2) is 97.6 Å². The van der Waals surface area contributed by atoms with Gasteiger partial charge in [0.05, 0.1) is 0 Å². The first-order valence-corrected chi connectivity index (χ1v) is 9.60. The third-order valence-corrected chi connectivity index (χ3v) is 5.49. The summed E-state index contributed by atoms with van der Waals surface area (Å²) in [4.78, 5) is 0. The molecule has 1 atom stereocenters. The van der Waals surface area contributed by atoms with Crippen LogP contribution in [0.1, 0.15) is 31.9 Å². The first kappa shape index (κ1) is 18.2. The van der Waals surface area contributed by atoms with Gasteiger partial charge in [-0.3, -0.25) is 0 Å². The van der Waals surface area contributed by atoms with E-state index in [4.69, 9.17) is 0 Å². The van der Waals surface area contributed by atoms with Crippen molar-refractivity contribution in [1.29, 1.82) is 0 Å². The summed E-state index contributed by atoms with van der Waals surface area (Å²) >= 11 is 0. The molecule has 3 aromatic carbocycles. The maximum Gasteiger partial charge on any atom is 0.120 e. The first-order valence-electron chi connectivity index (χ1n) is 9.60. The van der Waals surface area contributed by atoms with Crippen molar-refractivity contribution in [3.63, 3.8) is 0 Å². The van der Waals surface area contributed by atoms with Gasteiger partial charge in [0, 0.05) is 0 Å². The summed E-state index contributed by atoms with van der Waals surface area (Å²) in [6.45, 7) is 6.81. The zero-order valence-electron chi connectivity index (χ0n) is 16.6. The van der Waals surface area contributed by atoms with Crippen molar-refractivity contribution in [1.82, 2.24) is 14.8 Å². The molecular formula is C25H25N3. The van der Waals surface area contributed by atoms with Crippen molar-refractivity contribution in [2.24, 2.45) is 5.41 Å². The van der Waals surface area contributed by atoms with Crippen LogP contribution in [0.3, 0.4) is 0 Å². The molecule has 0 spiro atoms. The fraction of sp³-hybridized carbons (Fsp3) is 0.200. The molecule has 3 nitrogen and oxygen atoms in total. The summed E-state index contributed by atoms with van der Waals surface area (Å²) < 4.78 is 2.14. The van der Waals surface area contributed by atoms with Crippen LogP contribution in [-0.4, -0.2) is 14.8 Å². The highest BCUT2D eigenvalue weighted by Gasteiger charge is 2.46. The van der Waals surface area contributed by atoms with Crippen LogP contribution < -0.4 is 0 Å². The molecule has 28 heavy (non-hydrogen) atoms. The van der Waals surface area contributed by atoms with E-state index in [-0.39, 0.29) is 5.41 Å². The number of benzene rings is 3. The van der Waals surface area contributed by atoms with E-state index in [1.54, 1.807) is 0 Å². The molecule has 1 aromatic heterocycles. The summed E-state index contributed by atoms with van der Waals surface area (Å²) in [5.74, 6) is 0. The lowest BCUT2D eigenvalue weighted by atomic mass is 9.65. The average Bonchev–Trinajstić information content (AvgIpc) is 3.24. The molecule has 1 heterocycles. The maximum atomic E-state index is 4.13. The highest BCUT2D eigenvalue weighted by atomic mass is 15.3. The summed E-state index contributed by atoms with van der Waals surface area (Å²) in [7, 11) is 0. The van der Waals surface area contributed by atoms with Crippen LogP contribution in [0, 0.1) is 5.41 Å². The Kier molecular flexibility index (Phi) is 4.60. The van der Waals surface area contributed by atoms with Crippen LogP contribution in [0.5, 0.6) is 0 Å². The quantitative estimate of drug-likeness (QED) is 0.457. The van der Waals surface area contributed by atoms with Crippen LogP contribution in [-0.2, 0) is 5.54 Å². The molecule has 140 valence electrons. The van der Waals surface area contributed by atoms with E-state index in [1.165, 1.54) is 22.3 Å². The number of aromatic nitrogens is 3. The molecule has 3 heteroatoms. The highest BCUT2D eigenvalue weighted by Crippen LogP contribution is 2.48. The minimum absolute atomic E-state index is 0.120. The number of hydrogen-bond acceptors (Lipinski definition) is 2. The summed E-state index contributed by atoms with van der Waals surface area (Å²) in [6, 6.07) is 30.0. The van der Waals surface area contributed by atoms with E-state index in [0.717, 1.165) is 0 Å². The number of nitrogens with zero attached hydrogens (tertiary/aromatic N) is 3. The SMILES string of the molecule is CC(C)(C)C(c1ccccc1)(c1ccc(-c2ccccc2)cc1)n1cnnc1. The van der Waals surface area contributed by atoms with E-state index in [0.29, 0.717) is 0 Å². The van der Waals surface area contributed by atoms with Gasteiger partial charge in [0.25, 0.3) is 0 Å². The topological polar surface area (TPSA) is 30.7 Å². The Labute approximate surface area is 166 Å². The van der Waals surface area contributed by atoms with E-state index in [9.17, 15) is 0 Å². The predicted octanol–water partition coefficient (Wildman–Crippen LogP) is 5.78. The Bertz CT molecular complexity index is 1010. The van der Waals surface area contributed by atoms with Crippen LogP contribution in [0.4, 0.5) is 0 Å². The Morgan fingerprint density at radius 1 is 0.571 bits per heavy atom. The molecule has 0 saturated heterocycles. The van der Waals surface area contributed by atoms with Gasteiger partial charge in [-0.2, -0.15) is 0 Å². The van der Waals surface area contributed by atoms with E-state index in [1.807, 2.05) is 18.7 Å². The van der Waals surface area contributed by atoms with Gasteiger partial charge in [-0.05, 0) is 27.7 Å². The van der Waals surface area contributed by atoms with Crippen LogP contribution >= 0.6 is 0 Å². The average molecular weight is 367 g/mol.